The van der Waals surface area contributed by atoms with Gasteiger partial charge in [0.15, 0.2) is 0 Å². The minimum atomic E-state index is -0.237. The SMILES string of the molecule is O=C(c1ncccn1)N1CCC2(CC1)CC(Oc1cnccn1)CCO2. The van der Waals surface area contributed by atoms with Gasteiger partial charge < -0.3 is 14.4 Å². The lowest BCUT2D eigenvalue weighted by Gasteiger charge is -2.45. The molecule has 4 heterocycles. The van der Waals surface area contributed by atoms with Crippen LogP contribution in [0.2, 0.25) is 0 Å². The van der Waals surface area contributed by atoms with E-state index in [0.717, 1.165) is 25.7 Å². The molecule has 0 saturated carbocycles. The fraction of sp³-hybridized carbons (Fsp3) is 0.500. The summed E-state index contributed by atoms with van der Waals surface area (Å²) >= 11 is 0. The van der Waals surface area contributed by atoms with Crippen LogP contribution in [-0.2, 0) is 4.74 Å². The lowest BCUT2D eigenvalue weighted by atomic mass is 9.83. The van der Waals surface area contributed by atoms with E-state index in [2.05, 4.69) is 19.9 Å². The van der Waals surface area contributed by atoms with Gasteiger partial charge in [-0.05, 0) is 18.9 Å². The monoisotopic (exact) mass is 355 g/mol. The average molecular weight is 355 g/mol. The Bertz CT molecular complexity index is 735. The van der Waals surface area contributed by atoms with Crippen LogP contribution < -0.4 is 4.74 Å². The largest absolute Gasteiger partial charge is 0.473 e. The van der Waals surface area contributed by atoms with Crippen LogP contribution in [0.3, 0.4) is 0 Å². The predicted molar refractivity (Wildman–Crippen MR) is 91.5 cm³/mol. The van der Waals surface area contributed by atoms with Gasteiger partial charge in [-0.1, -0.05) is 0 Å². The number of ether oxygens (including phenoxy) is 2. The highest BCUT2D eigenvalue weighted by atomic mass is 16.5. The summed E-state index contributed by atoms with van der Waals surface area (Å²) in [7, 11) is 0. The van der Waals surface area contributed by atoms with Gasteiger partial charge >= 0.3 is 0 Å². The highest BCUT2D eigenvalue weighted by molar-refractivity contribution is 5.90. The van der Waals surface area contributed by atoms with E-state index in [1.54, 1.807) is 42.0 Å². The van der Waals surface area contributed by atoms with Crippen molar-refractivity contribution in [3.05, 3.63) is 42.9 Å². The van der Waals surface area contributed by atoms with Crippen LogP contribution >= 0.6 is 0 Å². The van der Waals surface area contributed by atoms with E-state index in [1.165, 1.54) is 0 Å². The zero-order chi connectivity index (χ0) is 17.8. The van der Waals surface area contributed by atoms with Crippen LogP contribution in [0.4, 0.5) is 0 Å². The van der Waals surface area contributed by atoms with Crippen LogP contribution in [0.15, 0.2) is 37.1 Å². The second-order valence-electron chi connectivity index (χ2n) is 6.67. The molecule has 1 amide bonds. The van der Waals surface area contributed by atoms with Gasteiger partial charge in [0, 0.05) is 50.7 Å². The van der Waals surface area contributed by atoms with E-state index >= 15 is 0 Å². The molecule has 0 aliphatic carbocycles. The van der Waals surface area contributed by atoms with Crippen LogP contribution in [0.1, 0.15) is 36.3 Å². The summed E-state index contributed by atoms with van der Waals surface area (Å²) in [5, 5.41) is 0. The molecule has 26 heavy (non-hydrogen) atoms. The molecule has 0 radical (unpaired) electrons. The van der Waals surface area contributed by atoms with Gasteiger partial charge in [-0.15, -0.1) is 0 Å². The molecule has 2 saturated heterocycles. The second-order valence-corrected chi connectivity index (χ2v) is 6.67. The Morgan fingerprint density at radius 2 is 1.96 bits per heavy atom. The van der Waals surface area contributed by atoms with E-state index in [9.17, 15) is 4.79 Å². The third-order valence-electron chi connectivity index (χ3n) is 4.99. The highest BCUT2D eigenvalue weighted by Crippen LogP contribution is 2.36. The fourth-order valence-corrected chi connectivity index (χ4v) is 3.62. The lowest BCUT2D eigenvalue weighted by molar-refractivity contribution is -0.135. The van der Waals surface area contributed by atoms with Gasteiger partial charge in [-0.25, -0.2) is 15.0 Å². The molecule has 8 heteroatoms. The Kier molecular flexibility index (Phi) is 4.75. The van der Waals surface area contributed by atoms with Crippen LogP contribution in [-0.4, -0.2) is 62.1 Å². The first kappa shape index (κ1) is 16.8. The molecule has 2 aromatic heterocycles. The van der Waals surface area contributed by atoms with Crippen molar-refractivity contribution < 1.29 is 14.3 Å². The van der Waals surface area contributed by atoms with Crippen molar-refractivity contribution >= 4 is 5.91 Å². The van der Waals surface area contributed by atoms with Gasteiger partial charge in [-0.3, -0.25) is 9.78 Å². The Morgan fingerprint density at radius 1 is 1.15 bits per heavy atom. The quantitative estimate of drug-likeness (QED) is 0.824. The van der Waals surface area contributed by atoms with E-state index in [1.807, 2.05) is 0 Å². The number of piperidine rings is 1. The average Bonchev–Trinajstić information content (AvgIpc) is 2.70. The molecular formula is C18H21N5O3. The minimum Gasteiger partial charge on any atom is -0.473 e. The molecule has 1 unspecified atom stereocenters. The van der Waals surface area contributed by atoms with Crippen molar-refractivity contribution in [1.82, 2.24) is 24.8 Å². The van der Waals surface area contributed by atoms with Crippen molar-refractivity contribution in [2.24, 2.45) is 0 Å². The zero-order valence-electron chi connectivity index (χ0n) is 14.5. The number of likely N-dealkylation sites (tertiary alicyclic amines) is 1. The third-order valence-corrected chi connectivity index (χ3v) is 4.99. The van der Waals surface area contributed by atoms with Crippen LogP contribution in [0.5, 0.6) is 5.88 Å². The topological polar surface area (TPSA) is 90.3 Å². The first-order valence-electron chi connectivity index (χ1n) is 8.87. The van der Waals surface area contributed by atoms with Gasteiger partial charge in [0.25, 0.3) is 5.91 Å². The molecule has 1 spiro atoms. The molecule has 2 fully saturated rings. The summed E-state index contributed by atoms with van der Waals surface area (Å²) in [6, 6.07) is 1.70. The number of hydrogen-bond donors (Lipinski definition) is 0. The highest BCUT2D eigenvalue weighted by Gasteiger charge is 2.42. The van der Waals surface area contributed by atoms with Crippen LogP contribution in [0, 0.1) is 0 Å². The zero-order valence-corrected chi connectivity index (χ0v) is 14.5. The normalized spacial score (nSPS) is 22.2. The Labute approximate surface area is 151 Å². The molecule has 0 aromatic carbocycles. The first-order valence-corrected chi connectivity index (χ1v) is 8.87. The summed E-state index contributed by atoms with van der Waals surface area (Å²) in [4.78, 5) is 30.6. The molecule has 0 bridgehead atoms. The third kappa shape index (κ3) is 3.65. The number of nitrogens with zero attached hydrogens (tertiary/aromatic N) is 5. The molecule has 2 aliphatic heterocycles. The summed E-state index contributed by atoms with van der Waals surface area (Å²) < 4.78 is 12.1. The molecule has 0 N–H and O–H groups in total. The van der Waals surface area contributed by atoms with E-state index in [0.29, 0.717) is 25.6 Å². The van der Waals surface area contributed by atoms with Gasteiger partial charge in [0.2, 0.25) is 11.7 Å². The molecular weight excluding hydrogens is 334 g/mol. The molecule has 136 valence electrons. The van der Waals surface area contributed by atoms with E-state index in [-0.39, 0.29) is 23.4 Å². The van der Waals surface area contributed by atoms with E-state index in [4.69, 9.17) is 9.47 Å². The summed E-state index contributed by atoms with van der Waals surface area (Å²) in [5.41, 5.74) is -0.237. The fourth-order valence-electron chi connectivity index (χ4n) is 3.62. The maximum atomic E-state index is 12.5. The van der Waals surface area contributed by atoms with Crippen molar-refractivity contribution in [3.8, 4) is 5.88 Å². The maximum Gasteiger partial charge on any atom is 0.291 e. The minimum absolute atomic E-state index is 0.0557. The standard InChI is InChI=1S/C18H21N5O3/c24-17(16-21-5-1-6-22-16)23-9-3-18(4-10-23)12-14(2-11-25-18)26-15-13-19-7-8-20-15/h1,5-8,13-14H,2-4,9-12H2. The first-order chi connectivity index (χ1) is 12.7. The Morgan fingerprint density at radius 3 is 2.69 bits per heavy atom. The molecule has 2 aliphatic rings. The number of rotatable bonds is 3. The van der Waals surface area contributed by atoms with Crippen molar-refractivity contribution in [1.29, 1.82) is 0 Å². The summed E-state index contributed by atoms with van der Waals surface area (Å²) in [6.07, 6.45) is 11.3. The smallest absolute Gasteiger partial charge is 0.291 e. The molecule has 2 aromatic rings. The number of carbonyl (C=O) groups is 1. The number of carbonyl (C=O) groups excluding carboxylic acids is 1. The predicted octanol–water partition coefficient (Wildman–Crippen LogP) is 1.50. The summed E-state index contributed by atoms with van der Waals surface area (Å²) in [5.74, 6) is 0.670. The second kappa shape index (κ2) is 7.33. The Hall–Kier alpha value is -2.61. The Balaban J connectivity index is 1.36. The van der Waals surface area contributed by atoms with Gasteiger partial charge in [0.05, 0.1) is 18.4 Å². The van der Waals surface area contributed by atoms with Crippen molar-refractivity contribution in [3.63, 3.8) is 0 Å². The van der Waals surface area contributed by atoms with Crippen molar-refractivity contribution in [2.45, 2.75) is 37.4 Å². The van der Waals surface area contributed by atoms with Crippen LogP contribution in [0.25, 0.3) is 0 Å². The van der Waals surface area contributed by atoms with Gasteiger partial charge in [-0.2, -0.15) is 0 Å². The number of aromatic nitrogens is 4. The maximum absolute atomic E-state index is 12.5. The number of hydrogen-bond acceptors (Lipinski definition) is 7. The molecule has 4 rings (SSSR count). The van der Waals surface area contributed by atoms with Gasteiger partial charge in [0.1, 0.15) is 6.10 Å². The summed E-state index contributed by atoms with van der Waals surface area (Å²) in [6.45, 7) is 1.92. The number of amides is 1. The lowest BCUT2D eigenvalue weighted by Crippen LogP contribution is -2.52. The van der Waals surface area contributed by atoms with Crippen molar-refractivity contribution in [2.75, 3.05) is 19.7 Å². The van der Waals surface area contributed by atoms with E-state index < -0.39 is 0 Å². The molecule has 1 atom stereocenters. The molecule has 8 nitrogen and oxygen atoms in total.